The quantitative estimate of drug-likeness (QED) is 0.0778. The molecule has 0 aliphatic carbocycles. The van der Waals surface area contributed by atoms with Gasteiger partial charge in [0.05, 0.1) is 17.7 Å². The number of nitrogens with one attached hydrogen (secondary N) is 3. The van der Waals surface area contributed by atoms with Gasteiger partial charge in [-0.3, -0.25) is 14.9 Å². The molecule has 0 aliphatic heterocycles. The number of hydrogen-bond donors (Lipinski definition) is 6. The number of benzene rings is 1. The molecule has 17 nitrogen and oxygen atoms in total. The lowest BCUT2D eigenvalue weighted by atomic mass is 10.1. The van der Waals surface area contributed by atoms with Gasteiger partial charge in [0.15, 0.2) is 0 Å². The number of aliphatic carboxylic acids is 3. The maximum Gasteiger partial charge on any atom is 0.326 e. The highest BCUT2D eigenvalue weighted by atomic mass is 19.1. The lowest BCUT2D eigenvalue weighted by Crippen LogP contribution is -2.51. The molecule has 0 aliphatic rings. The van der Waals surface area contributed by atoms with Gasteiger partial charge in [-0.1, -0.05) is 5.21 Å². The monoisotopic (exact) mass is 583 g/mol. The first-order valence-electron chi connectivity index (χ1n) is 12.3. The van der Waals surface area contributed by atoms with Gasteiger partial charge >= 0.3 is 23.9 Å². The number of halogens is 1. The van der Waals surface area contributed by atoms with Crippen LogP contribution >= 0.6 is 0 Å². The molecule has 0 bridgehead atoms. The van der Waals surface area contributed by atoms with Crippen molar-refractivity contribution in [1.29, 1.82) is 0 Å². The van der Waals surface area contributed by atoms with E-state index in [1.54, 1.807) is 0 Å². The van der Waals surface area contributed by atoms with Crippen molar-refractivity contribution in [3.8, 4) is 5.75 Å². The van der Waals surface area contributed by atoms with Crippen LogP contribution in [0, 0.1) is 10.1 Å². The third-order valence-corrected chi connectivity index (χ3v) is 5.54. The summed E-state index contributed by atoms with van der Waals surface area (Å²) >= 11 is 0. The predicted octanol–water partition coefficient (Wildman–Crippen LogP) is 1.39. The molecule has 1 heterocycles. The first kappa shape index (κ1) is 32.2. The second kappa shape index (κ2) is 16.2. The van der Waals surface area contributed by atoms with Crippen molar-refractivity contribution in [1.82, 2.24) is 25.6 Å². The molecule has 1 aromatic carbocycles. The standard InChI is InChI=1S/C23H30FN7O10/c24-8-10-30-12-14(28-29-30)13-41-15-4-6-19(31(39)40)18(11-15)25-9-2-1-3-16(21(34)35)26-23(38)27-17(22(36)37)5-7-20(32)33/h4,6,11-12,16-17,25H,1-3,5,7-10,13H2,(H,32,33)(H,34,35)(H,36,37)(H2,26,27,38)/t16-,17?/m0/s1. The molecule has 2 rings (SSSR count). The summed E-state index contributed by atoms with van der Waals surface area (Å²) in [5.41, 5.74) is 0.367. The number of aromatic nitrogens is 3. The Kier molecular flexibility index (Phi) is 12.7. The Morgan fingerprint density at radius 2 is 1.76 bits per heavy atom. The second-order valence-corrected chi connectivity index (χ2v) is 8.64. The first-order valence-corrected chi connectivity index (χ1v) is 12.3. The summed E-state index contributed by atoms with van der Waals surface area (Å²) in [6.45, 7) is -0.355. The Bertz CT molecular complexity index is 1230. The van der Waals surface area contributed by atoms with Crippen LogP contribution in [0.15, 0.2) is 24.4 Å². The van der Waals surface area contributed by atoms with E-state index in [2.05, 4.69) is 20.9 Å². The van der Waals surface area contributed by atoms with Gasteiger partial charge in [0.25, 0.3) is 5.69 Å². The fourth-order valence-electron chi connectivity index (χ4n) is 3.50. The van der Waals surface area contributed by atoms with Crippen LogP contribution in [0.2, 0.25) is 0 Å². The number of hydrogen-bond acceptors (Lipinski definition) is 10. The minimum absolute atomic E-state index is 0.00649. The van der Waals surface area contributed by atoms with E-state index in [9.17, 15) is 38.8 Å². The molecule has 41 heavy (non-hydrogen) atoms. The zero-order valence-corrected chi connectivity index (χ0v) is 21.7. The van der Waals surface area contributed by atoms with Gasteiger partial charge in [-0.25, -0.2) is 23.5 Å². The Balaban J connectivity index is 1.87. The number of alkyl halides is 1. The highest BCUT2D eigenvalue weighted by Gasteiger charge is 2.25. The number of nitro groups is 1. The van der Waals surface area contributed by atoms with Gasteiger partial charge < -0.3 is 36.0 Å². The van der Waals surface area contributed by atoms with Crippen molar-refractivity contribution in [2.24, 2.45) is 0 Å². The minimum atomic E-state index is -1.52. The number of anilines is 1. The van der Waals surface area contributed by atoms with Crippen molar-refractivity contribution in [3.05, 3.63) is 40.2 Å². The van der Waals surface area contributed by atoms with Crippen LogP contribution in [0.25, 0.3) is 0 Å². The van der Waals surface area contributed by atoms with Crippen molar-refractivity contribution in [2.75, 3.05) is 18.5 Å². The SMILES string of the molecule is O=C(O)CCC(NC(=O)N[C@@H](CCCCNc1cc(OCc2cn(CCF)nn2)ccc1[N+](=O)[O-])C(=O)O)C(=O)O. The summed E-state index contributed by atoms with van der Waals surface area (Å²) in [7, 11) is 0. The number of urea groups is 1. The maximum atomic E-state index is 12.4. The predicted molar refractivity (Wildman–Crippen MR) is 137 cm³/mol. The maximum absolute atomic E-state index is 12.4. The topological polar surface area (TPSA) is 248 Å². The van der Waals surface area contributed by atoms with E-state index in [4.69, 9.17) is 14.9 Å². The number of nitro benzene ring substituents is 1. The minimum Gasteiger partial charge on any atom is -0.487 e. The highest BCUT2D eigenvalue weighted by molar-refractivity contribution is 5.86. The largest absolute Gasteiger partial charge is 0.487 e. The Morgan fingerprint density at radius 1 is 1.07 bits per heavy atom. The summed E-state index contributed by atoms with van der Waals surface area (Å²) in [4.78, 5) is 56.3. The number of rotatable bonds is 19. The number of unbranched alkanes of at least 4 members (excludes halogenated alkanes) is 1. The number of ether oxygens (including phenoxy) is 1. The molecule has 2 amide bonds. The van der Waals surface area contributed by atoms with E-state index in [1.165, 1.54) is 29.1 Å². The molecule has 224 valence electrons. The number of nitrogens with zero attached hydrogens (tertiary/aromatic N) is 4. The van der Waals surface area contributed by atoms with Gasteiger partial charge in [-0.05, 0) is 31.7 Å². The lowest BCUT2D eigenvalue weighted by molar-refractivity contribution is -0.384. The molecule has 1 unspecified atom stereocenters. The molecule has 18 heteroatoms. The first-order chi connectivity index (χ1) is 19.5. The highest BCUT2D eigenvalue weighted by Crippen LogP contribution is 2.29. The Labute approximate surface area is 231 Å². The number of aryl methyl sites for hydroxylation is 1. The van der Waals surface area contributed by atoms with Crippen LogP contribution in [0.3, 0.4) is 0 Å². The lowest BCUT2D eigenvalue weighted by Gasteiger charge is -2.18. The molecular formula is C23H30FN7O10. The zero-order chi connectivity index (χ0) is 30.4. The van der Waals surface area contributed by atoms with Gasteiger partial charge in [0, 0.05) is 25.1 Å². The molecule has 0 spiro atoms. The average molecular weight is 584 g/mol. The molecule has 0 saturated carbocycles. The smallest absolute Gasteiger partial charge is 0.326 e. The number of carboxylic acids is 3. The molecule has 2 aromatic rings. The fourth-order valence-corrected chi connectivity index (χ4v) is 3.50. The van der Waals surface area contributed by atoms with Crippen LogP contribution < -0.4 is 20.7 Å². The summed E-state index contributed by atoms with van der Waals surface area (Å²) in [6, 6.07) is 0.111. The molecule has 2 atom stereocenters. The van der Waals surface area contributed by atoms with E-state index in [0.29, 0.717) is 17.9 Å². The number of carbonyl (C=O) groups is 4. The van der Waals surface area contributed by atoms with Gasteiger partial charge in [0.1, 0.15) is 42.5 Å². The van der Waals surface area contributed by atoms with Crippen LogP contribution in [0.4, 0.5) is 20.6 Å². The third kappa shape index (κ3) is 11.3. The van der Waals surface area contributed by atoms with E-state index < -0.39 is 54.0 Å². The summed E-state index contributed by atoms with van der Waals surface area (Å²) < 4.78 is 19.3. The third-order valence-electron chi connectivity index (χ3n) is 5.54. The van der Waals surface area contributed by atoms with Crippen LogP contribution in [0.1, 0.15) is 37.8 Å². The number of carboxylic acid groups (broad SMARTS) is 3. The van der Waals surface area contributed by atoms with E-state index in [0.717, 1.165) is 0 Å². The average Bonchev–Trinajstić information content (AvgIpc) is 3.36. The van der Waals surface area contributed by atoms with Gasteiger partial charge in [0.2, 0.25) is 0 Å². The summed E-state index contributed by atoms with van der Waals surface area (Å²) in [5.74, 6) is -3.79. The number of carbonyl (C=O) groups excluding carboxylic acids is 1. The van der Waals surface area contributed by atoms with Crippen LogP contribution in [-0.4, -0.2) is 84.5 Å². The van der Waals surface area contributed by atoms with E-state index in [-0.39, 0.29) is 50.3 Å². The molecule has 1 aromatic heterocycles. The van der Waals surface area contributed by atoms with Crippen molar-refractivity contribution < 1.29 is 48.5 Å². The Morgan fingerprint density at radius 3 is 2.37 bits per heavy atom. The van der Waals surface area contributed by atoms with Crippen molar-refractivity contribution in [2.45, 2.75) is 57.3 Å². The van der Waals surface area contributed by atoms with Crippen LogP contribution in [0.5, 0.6) is 5.75 Å². The van der Waals surface area contributed by atoms with Crippen molar-refractivity contribution >= 4 is 35.3 Å². The van der Waals surface area contributed by atoms with Gasteiger partial charge in [-0.15, -0.1) is 5.10 Å². The second-order valence-electron chi connectivity index (χ2n) is 8.64. The molecule has 0 saturated heterocycles. The van der Waals surface area contributed by atoms with E-state index >= 15 is 0 Å². The molecule has 6 N–H and O–H groups in total. The Hall–Kier alpha value is -5.03. The molecule has 0 fully saturated rings. The van der Waals surface area contributed by atoms with Gasteiger partial charge in [-0.2, -0.15) is 0 Å². The molecular weight excluding hydrogens is 553 g/mol. The summed E-state index contributed by atoms with van der Waals surface area (Å²) in [5, 5.41) is 53.3. The number of amides is 2. The normalized spacial score (nSPS) is 12.1. The van der Waals surface area contributed by atoms with E-state index in [1.807, 2.05) is 5.32 Å². The summed E-state index contributed by atoms with van der Waals surface area (Å²) in [6.07, 6.45) is 1.20. The fraction of sp³-hybridized carbons (Fsp3) is 0.478. The van der Waals surface area contributed by atoms with Crippen LogP contribution in [-0.2, 0) is 27.5 Å². The van der Waals surface area contributed by atoms with Crippen molar-refractivity contribution in [3.63, 3.8) is 0 Å². The molecule has 0 radical (unpaired) electrons. The zero-order valence-electron chi connectivity index (χ0n) is 21.7.